The third kappa shape index (κ3) is 6.58. The minimum Gasteiger partial charge on any atom is -0.486 e. The Balaban J connectivity index is 1.35. The van der Waals surface area contributed by atoms with E-state index in [4.69, 9.17) is 4.74 Å². The Morgan fingerprint density at radius 3 is 2.57 bits per heavy atom. The van der Waals surface area contributed by atoms with Gasteiger partial charge in [-0.15, -0.1) is 28.1 Å². The van der Waals surface area contributed by atoms with Gasteiger partial charge in [0.1, 0.15) is 12.4 Å². The number of aromatic nitrogens is 4. The number of anilines is 1. The molecule has 0 atom stereocenters. The molecular formula is C26H27N5O2S2. The fourth-order valence-corrected chi connectivity index (χ4v) is 4.99. The average molecular weight is 506 g/mol. The molecule has 0 saturated carbocycles. The number of thioether (sulfide) groups is 1. The number of carbonyl (C=O) groups excluding carboxylic acids is 1. The van der Waals surface area contributed by atoms with Gasteiger partial charge in [-0.05, 0) is 44.0 Å². The number of aryl methyl sites for hydroxylation is 3. The van der Waals surface area contributed by atoms with Crippen LogP contribution in [0, 0.1) is 20.8 Å². The van der Waals surface area contributed by atoms with Crippen molar-refractivity contribution in [1.82, 2.24) is 19.7 Å². The van der Waals surface area contributed by atoms with Gasteiger partial charge >= 0.3 is 0 Å². The molecule has 0 aliphatic carbocycles. The minimum absolute atomic E-state index is 0.152. The number of benzene rings is 2. The number of carbonyl (C=O) groups is 1. The molecule has 0 aliphatic rings. The van der Waals surface area contributed by atoms with Crippen molar-refractivity contribution in [3.8, 4) is 17.0 Å². The van der Waals surface area contributed by atoms with Gasteiger partial charge in [0, 0.05) is 17.5 Å². The molecule has 180 valence electrons. The predicted octanol–water partition coefficient (Wildman–Crippen LogP) is 5.82. The molecule has 2 aromatic heterocycles. The normalized spacial score (nSPS) is 10.8. The van der Waals surface area contributed by atoms with Gasteiger partial charge in [0.2, 0.25) is 5.91 Å². The molecule has 0 aliphatic heterocycles. The Kier molecular flexibility index (Phi) is 7.99. The Morgan fingerprint density at radius 1 is 1.11 bits per heavy atom. The summed E-state index contributed by atoms with van der Waals surface area (Å²) in [5.74, 6) is 1.50. The van der Waals surface area contributed by atoms with Crippen LogP contribution in [-0.4, -0.2) is 31.4 Å². The maximum Gasteiger partial charge on any atom is 0.236 e. The summed E-state index contributed by atoms with van der Waals surface area (Å²) in [6.45, 7) is 10.7. The van der Waals surface area contributed by atoms with Crippen molar-refractivity contribution >= 4 is 34.1 Å². The van der Waals surface area contributed by atoms with Crippen molar-refractivity contribution in [3.05, 3.63) is 83.0 Å². The van der Waals surface area contributed by atoms with E-state index in [1.54, 1.807) is 6.08 Å². The molecule has 35 heavy (non-hydrogen) atoms. The van der Waals surface area contributed by atoms with Crippen LogP contribution in [0.2, 0.25) is 0 Å². The summed E-state index contributed by atoms with van der Waals surface area (Å²) in [6, 6.07) is 14.2. The van der Waals surface area contributed by atoms with Crippen LogP contribution in [0.3, 0.4) is 0 Å². The molecule has 2 aromatic carbocycles. The van der Waals surface area contributed by atoms with Crippen LogP contribution < -0.4 is 10.1 Å². The van der Waals surface area contributed by atoms with E-state index >= 15 is 0 Å². The van der Waals surface area contributed by atoms with Crippen LogP contribution in [-0.2, 0) is 17.9 Å². The van der Waals surface area contributed by atoms with Gasteiger partial charge in [0.15, 0.2) is 16.1 Å². The Labute approximate surface area is 213 Å². The minimum atomic E-state index is -0.152. The van der Waals surface area contributed by atoms with E-state index in [0.29, 0.717) is 22.7 Å². The summed E-state index contributed by atoms with van der Waals surface area (Å²) in [4.78, 5) is 17.1. The smallest absolute Gasteiger partial charge is 0.236 e. The molecule has 1 N–H and O–H groups in total. The molecule has 0 bridgehead atoms. The number of amides is 1. The van der Waals surface area contributed by atoms with E-state index < -0.39 is 0 Å². The highest BCUT2D eigenvalue weighted by atomic mass is 32.2. The van der Waals surface area contributed by atoms with Crippen LogP contribution in [0.4, 0.5) is 5.13 Å². The van der Waals surface area contributed by atoms with Crippen LogP contribution >= 0.6 is 23.1 Å². The molecule has 0 radical (unpaired) electrons. The number of nitrogens with one attached hydrogen (secondary N) is 1. The highest BCUT2D eigenvalue weighted by molar-refractivity contribution is 7.99. The maximum absolute atomic E-state index is 12.6. The molecule has 2 heterocycles. The van der Waals surface area contributed by atoms with Crippen molar-refractivity contribution < 1.29 is 9.53 Å². The van der Waals surface area contributed by atoms with E-state index in [2.05, 4.69) is 33.1 Å². The Morgan fingerprint density at radius 2 is 1.86 bits per heavy atom. The molecule has 0 spiro atoms. The van der Waals surface area contributed by atoms with Gasteiger partial charge in [-0.2, -0.15) is 0 Å². The largest absolute Gasteiger partial charge is 0.486 e. The SMILES string of the molecule is C=CCn1c(COc2cc(C)cc(C)c2)nnc1SCC(=O)Nc1nc(-c2ccc(C)cc2)cs1. The van der Waals surface area contributed by atoms with E-state index in [1.165, 1.54) is 28.7 Å². The van der Waals surface area contributed by atoms with Crippen molar-refractivity contribution in [2.24, 2.45) is 0 Å². The van der Waals surface area contributed by atoms with Gasteiger partial charge < -0.3 is 10.1 Å². The second-order valence-corrected chi connectivity index (χ2v) is 9.95. The topological polar surface area (TPSA) is 81.9 Å². The average Bonchev–Trinajstić information content (AvgIpc) is 3.43. The fourth-order valence-electron chi connectivity index (χ4n) is 3.48. The van der Waals surface area contributed by atoms with Gasteiger partial charge in [-0.25, -0.2) is 4.98 Å². The van der Waals surface area contributed by atoms with Gasteiger partial charge in [0.05, 0.1) is 11.4 Å². The third-order valence-electron chi connectivity index (χ3n) is 5.10. The van der Waals surface area contributed by atoms with E-state index in [9.17, 15) is 4.79 Å². The second-order valence-electron chi connectivity index (χ2n) is 8.15. The lowest BCUT2D eigenvalue weighted by Gasteiger charge is -2.10. The van der Waals surface area contributed by atoms with E-state index in [-0.39, 0.29) is 18.3 Å². The first-order chi connectivity index (χ1) is 16.9. The zero-order valence-electron chi connectivity index (χ0n) is 19.9. The van der Waals surface area contributed by atoms with E-state index in [0.717, 1.165) is 28.1 Å². The zero-order valence-corrected chi connectivity index (χ0v) is 21.6. The van der Waals surface area contributed by atoms with Crippen LogP contribution in [0.5, 0.6) is 5.75 Å². The molecule has 9 heteroatoms. The number of hydrogen-bond acceptors (Lipinski definition) is 7. The molecule has 0 fully saturated rings. The monoisotopic (exact) mass is 505 g/mol. The standard InChI is InChI=1S/C26H27N5O2S2/c1-5-10-31-23(14-33-21-12-18(3)11-19(4)13-21)29-30-26(31)35-16-24(32)28-25-27-22(15-34-25)20-8-6-17(2)7-9-20/h5-9,11-13,15H,1,10,14,16H2,2-4H3,(H,27,28,32). The molecular weight excluding hydrogens is 478 g/mol. The van der Waals surface area contributed by atoms with Crippen LogP contribution in [0.25, 0.3) is 11.3 Å². The fraction of sp³-hybridized carbons (Fsp3) is 0.231. The molecule has 0 unspecified atom stereocenters. The lowest BCUT2D eigenvalue weighted by molar-refractivity contribution is -0.113. The lowest BCUT2D eigenvalue weighted by Crippen LogP contribution is -2.15. The predicted molar refractivity (Wildman–Crippen MR) is 142 cm³/mol. The molecule has 1 amide bonds. The zero-order chi connectivity index (χ0) is 24.8. The highest BCUT2D eigenvalue weighted by Gasteiger charge is 2.15. The first-order valence-electron chi connectivity index (χ1n) is 11.1. The maximum atomic E-state index is 12.6. The van der Waals surface area contributed by atoms with E-state index in [1.807, 2.05) is 67.1 Å². The molecule has 4 aromatic rings. The number of ether oxygens (including phenoxy) is 1. The summed E-state index contributed by atoms with van der Waals surface area (Å²) in [5.41, 5.74) is 5.34. The summed E-state index contributed by atoms with van der Waals surface area (Å²) >= 11 is 2.72. The summed E-state index contributed by atoms with van der Waals surface area (Å²) in [7, 11) is 0. The van der Waals surface area contributed by atoms with Crippen molar-refractivity contribution in [3.63, 3.8) is 0 Å². The lowest BCUT2D eigenvalue weighted by atomic mass is 10.1. The van der Waals surface area contributed by atoms with Crippen molar-refractivity contribution in [1.29, 1.82) is 0 Å². The molecule has 0 saturated heterocycles. The number of rotatable bonds is 10. The van der Waals surface area contributed by atoms with Gasteiger partial charge in [-0.1, -0.05) is 53.7 Å². The Bertz CT molecular complexity index is 1310. The third-order valence-corrected chi connectivity index (χ3v) is 6.82. The number of nitrogens with zero attached hydrogens (tertiary/aromatic N) is 4. The first-order valence-corrected chi connectivity index (χ1v) is 13.0. The van der Waals surface area contributed by atoms with Gasteiger partial charge in [-0.3, -0.25) is 9.36 Å². The molecule has 4 rings (SSSR count). The summed E-state index contributed by atoms with van der Waals surface area (Å²) in [5, 5.41) is 14.6. The number of thiazole rings is 1. The number of hydrogen-bond donors (Lipinski definition) is 1. The summed E-state index contributed by atoms with van der Waals surface area (Å²) < 4.78 is 7.86. The second kappa shape index (κ2) is 11.3. The van der Waals surface area contributed by atoms with Gasteiger partial charge in [0.25, 0.3) is 0 Å². The quantitative estimate of drug-likeness (QED) is 0.216. The summed E-state index contributed by atoms with van der Waals surface area (Å²) in [6.07, 6.45) is 1.77. The van der Waals surface area contributed by atoms with Crippen molar-refractivity contribution in [2.75, 3.05) is 11.1 Å². The molecule has 7 nitrogen and oxygen atoms in total. The first kappa shape index (κ1) is 24.7. The number of allylic oxidation sites excluding steroid dienone is 1. The van der Waals surface area contributed by atoms with Crippen LogP contribution in [0.15, 0.2) is 65.7 Å². The highest BCUT2D eigenvalue weighted by Crippen LogP contribution is 2.26. The Hall–Kier alpha value is -3.43. The van der Waals surface area contributed by atoms with Crippen molar-refractivity contribution in [2.45, 2.75) is 39.1 Å². The van der Waals surface area contributed by atoms with Crippen LogP contribution in [0.1, 0.15) is 22.5 Å².